The minimum atomic E-state index is -4.08. The van der Waals surface area contributed by atoms with Crippen molar-refractivity contribution in [2.45, 2.75) is 13.8 Å². The van der Waals surface area contributed by atoms with E-state index >= 15 is 0 Å². The van der Waals surface area contributed by atoms with E-state index in [0.29, 0.717) is 0 Å². The molecule has 0 fully saturated rings. The van der Waals surface area contributed by atoms with Gasteiger partial charge in [0.05, 0.1) is 0 Å². The standard InChI is InChI=1S/C4H11N.H5O4PSi/c1-3-5-4-2;1-5(2,3)4-6/h5H,3-4H2,1-2H3;6H3,(H2,1,2,3). The molecule has 0 amide bonds. The number of nitrogens with one attached hydrogen (secondary N) is 1. The largest absolute Gasteiger partial charge is 0.458 e. The van der Waals surface area contributed by atoms with E-state index in [1.165, 1.54) is 0 Å². The maximum absolute atomic E-state index is 9.51. The van der Waals surface area contributed by atoms with E-state index in [1.807, 2.05) is 0 Å². The first kappa shape index (κ1) is 13.8. The topological polar surface area (TPSA) is 78.8 Å². The maximum Gasteiger partial charge on any atom is 0.458 e. The molecule has 0 spiro atoms. The van der Waals surface area contributed by atoms with Gasteiger partial charge >= 0.3 is 7.82 Å². The molecular weight excluding hydrogens is 185 g/mol. The first-order chi connectivity index (χ1) is 4.97. The van der Waals surface area contributed by atoms with Gasteiger partial charge in [-0.15, -0.1) is 0 Å². The molecule has 0 saturated heterocycles. The van der Waals surface area contributed by atoms with Crippen LogP contribution < -0.4 is 5.32 Å². The first-order valence-corrected chi connectivity index (χ1v) is 5.64. The van der Waals surface area contributed by atoms with Crippen LogP contribution in [0, 0.1) is 0 Å². The SMILES string of the molecule is CCNCC.O=P(O)(O)O[SiH3]. The van der Waals surface area contributed by atoms with Crippen molar-refractivity contribution >= 4 is 18.3 Å². The van der Waals surface area contributed by atoms with Crippen molar-refractivity contribution < 1.29 is 18.6 Å². The predicted octanol–water partition coefficient (Wildman–Crippen LogP) is -1.01. The van der Waals surface area contributed by atoms with Crippen LogP contribution in [0.4, 0.5) is 0 Å². The Bertz CT molecular complexity index is 115. The van der Waals surface area contributed by atoms with Gasteiger partial charge < -0.3 is 19.3 Å². The Morgan fingerprint density at radius 1 is 1.45 bits per heavy atom. The van der Waals surface area contributed by atoms with Gasteiger partial charge in [0.25, 0.3) is 0 Å². The van der Waals surface area contributed by atoms with Crippen molar-refractivity contribution in [3.8, 4) is 0 Å². The highest BCUT2D eigenvalue weighted by molar-refractivity contribution is 7.47. The zero-order valence-corrected chi connectivity index (χ0v) is 9.97. The maximum atomic E-state index is 9.51. The van der Waals surface area contributed by atoms with Crippen LogP contribution in [-0.2, 0) is 8.78 Å². The van der Waals surface area contributed by atoms with E-state index in [9.17, 15) is 4.57 Å². The van der Waals surface area contributed by atoms with Crippen LogP contribution in [0.25, 0.3) is 0 Å². The molecule has 0 aliphatic carbocycles. The number of hydrogen-bond donors (Lipinski definition) is 3. The normalized spacial score (nSPS) is 10.5. The monoisotopic (exact) mass is 201 g/mol. The summed E-state index contributed by atoms with van der Waals surface area (Å²) in [5, 5.41) is 3.11. The van der Waals surface area contributed by atoms with E-state index < -0.39 is 7.82 Å². The van der Waals surface area contributed by atoms with Crippen LogP contribution in [-0.4, -0.2) is 33.4 Å². The van der Waals surface area contributed by atoms with Crippen LogP contribution in [0.2, 0.25) is 0 Å². The van der Waals surface area contributed by atoms with Gasteiger partial charge in [0, 0.05) is 0 Å². The zero-order valence-electron chi connectivity index (χ0n) is 7.07. The smallest absolute Gasteiger partial charge is 0.342 e. The highest BCUT2D eigenvalue weighted by Gasteiger charge is 2.06. The van der Waals surface area contributed by atoms with Crippen molar-refractivity contribution in [3.05, 3.63) is 0 Å². The molecule has 0 unspecified atom stereocenters. The third-order valence-corrected chi connectivity index (χ3v) is 2.64. The van der Waals surface area contributed by atoms with Gasteiger partial charge in [-0.05, 0) is 13.1 Å². The molecule has 0 aliphatic rings. The van der Waals surface area contributed by atoms with Crippen molar-refractivity contribution in [1.82, 2.24) is 5.32 Å². The second-order valence-corrected chi connectivity index (χ2v) is 4.07. The van der Waals surface area contributed by atoms with Crippen LogP contribution >= 0.6 is 7.82 Å². The summed E-state index contributed by atoms with van der Waals surface area (Å²) < 4.78 is 13.2. The third-order valence-electron chi connectivity index (χ3n) is 0.738. The number of rotatable bonds is 3. The summed E-state index contributed by atoms with van der Waals surface area (Å²) in [6.07, 6.45) is 0. The Morgan fingerprint density at radius 2 is 1.73 bits per heavy atom. The minimum Gasteiger partial charge on any atom is -0.342 e. The van der Waals surface area contributed by atoms with Crippen LogP contribution in [0.5, 0.6) is 0 Å². The van der Waals surface area contributed by atoms with E-state index in [0.717, 1.165) is 13.1 Å². The van der Waals surface area contributed by atoms with E-state index in [2.05, 4.69) is 23.4 Å². The zero-order chi connectivity index (χ0) is 9.33. The van der Waals surface area contributed by atoms with E-state index in [1.54, 1.807) is 0 Å². The third kappa shape index (κ3) is 25.3. The summed E-state index contributed by atoms with van der Waals surface area (Å²) in [7, 11) is -4.00. The van der Waals surface area contributed by atoms with Gasteiger partial charge in [-0.2, -0.15) is 0 Å². The van der Waals surface area contributed by atoms with Crippen LogP contribution in [0.15, 0.2) is 0 Å². The summed E-state index contributed by atoms with van der Waals surface area (Å²) in [5.41, 5.74) is 0. The lowest BCUT2D eigenvalue weighted by molar-refractivity contribution is 0.292. The molecule has 0 bridgehead atoms. The van der Waals surface area contributed by atoms with Crippen molar-refractivity contribution in [3.63, 3.8) is 0 Å². The molecule has 3 N–H and O–H groups in total. The molecule has 0 rings (SSSR count). The Kier molecular flexibility index (Phi) is 10.6. The molecule has 0 aromatic rings. The lowest BCUT2D eigenvalue weighted by Gasteiger charge is -1.94. The molecule has 0 radical (unpaired) electrons. The van der Waals surface area contributed by atoms with E-state index in [-0.39, 0.29) is 10.5 Å². The molecule has 5 nitrogen and oxygen atoms in total. The van der Waals surface area contributed by atoms with Gasteiger partial charge in [0.2, 0.25) is 0 Å². The Labute approximate surface area is 69.9 Å². The summed E-state index contributed by atoms with van der Waals surface area (Å²) >= 11 is 0. The van der Waals surface area contributed by atoms with Crippen molar-refractivity contribution in [2.24, 2.45) is 0 Å². The Hall–Kier alpha value is 0.287. The molecule has 0 aromatic heterocycles. The minimum absolute atomic E-state index is 0.0849. The molecule has 11 heavy (non-hydrogen) atoms. The van der Waals surface area contributed by atoms with E-state index in [4.69, 9.17) is 9.79 Å². The summed E-state index contributed by atoms with van der Waals surface area (Å²) in [6.45, 7) is 6.39. The fraction of sp³-hybridized carbons (Fsp3) is 1.00. The molecular formula is C4H16NO4PSi. The molecule has 0 atom stereocenters. The summed E-state index contributed by atoms with van der Waals surface area (Å²) in [4.78, 5) is 15.5. The van der Waals surface area contributed by atoms with Crippen LogP contribution in [0.1, 0.15) is 13.8 Å². The predicted molar refractivity (Wildman–Crippen MR) is 47.3 cm³/mol. The van der Waals surface area contributed by atoms with Gasteiger partial charge in [0.15, 0.2) is 10.5 Å². The average Bonchev–Trinajstić information content (AvgIpc) is 1.90. The van der Waals surface area contributed by atoms with Gasteiger partial charge in [0.1, 0.15) is 0 Å². The first-order valence-electron chi connectivity index (χ1n) is 3.29. The molecule has 0 aliphatic heterocycles. The quantitative estimate of drug-likeness (QED) is 0.403. The Morgan fingerprint density at radius 3 is 1.73 bits per heavy atom. The molecule has 7 heteroatoms. The highest BCUT2D eigenvalue weighted by Crippen LogP contribution is 2.33. The molecule has 0 heterocycles. The highest BCUT2D eigenvalue weighted by atomic mass is 31.2. The number of phosphoric acid groups is 1. The lowest BCUT2D eigenvalue weighted by atomic mass is 10.7. The molecule has 0 aromatic carbocycles. The van der Waals surface area contributed by atoms with Gasteiger partial charge in [-0.3, -0.25) is 0 Å². The summed E-state index contributed by atoms with van der Waals surface area (Å²) in [6, 6.07) is 0. The number of hydrogen-bond acceptors (Lipinski definition) is 3. The fourth-order valence-electron chi connectivity index (χ4n) is 0.250. The summed E-state index contributed by atoms with van der Waals surface area (Å²) in [5.74, 6) is 0. The fourth-order valence-corrected chi connectivity index (χ4v) is 0.250. The average molecular weight is 201 g/mol. The lowest BCUT2D eigenvalue weighted by Crippen LogP contribution is -2.09. The van der Waals surface area contributed by atoms with Crippen molar-refractivity contribution in [1.29, 1.82) is 0 Å². The van der Waals surface area contributed by atoms with Crippen molar-refractivity contribution in [2.75, 3.05) is 13.1 Å². The molecule has 70 valence electrons. The second kappa shape index (κ2) is 8.38. The molecule has 0 saturated carbocycles. The van der Waals surface area contributed by atoms with Gasteiger partial charge in [-0.25, -0.2) is 4.57 Å². The van der Waals surface area contributed by atoms with Gasteiger partial charge in [-0.1, -0.05) is 13.8 Å². The second-order valence-electron chi connectivity index (χ2n) is 1.63. The van der Waals surface area contributed by atoms with Crippen LogP contribution in [0.3, 0.4) is 0 Å². The Balaban J connectivity index is 0.